The van der Waals surface area contributed by atoms with Crippen LogP contribution < -0.4 is 10.6 Å². The van der Waals surface area contributed by atoms with Crippen molar-refractivity contribution in [3.63, 3.8) is 0 Å². The first-order valence-corrected chi connectivity index (χ1v) is 3.42. The molecule has 0 aromatic heterocycles. The van der Waals surface area contributed by atoms with Gasteiger partial charge in [-0.25, -0.2) is 5.32 Å². The van der Waals surface area contributed by atoms with E-state index in [1.165, 1.54) is 0 Å². The second kappa shape index (κ2) is 3.82. The van der Waals surface area contributed by atoms with E-state index >= 15 is 0 Å². The zero-order valence-electron chi connectivity index (χ0n) is 5.76. The standard InChI is InChI=1S/C6H13N2O/c1-2-8-6-5-7-3-4-9-6/h6-7H,2-5H2,1H3. The summed E-state index contributed by atoms with van der Waals surface area (Å²) >= 11 is 0. The predicted molar refractivity (Wildman–Crippen MR) is 35.3 cm³/mol. The average molecular weight is 129 g/mol. The molecule has 1 heterocycles. The molecule has 0 saturated carbocycles. The molecule has 0 amide bonds. The Hall–Kier alpha value is -0.120. The van der Waals surface area contributed by atoms with Gasteiger partial charge in [-0.05, 0) is 0 Å². The van der Waals surface area contributed by atoms with Gasteiger partial charge in [0.25, 0.3) is 0 Å². The monoisotopic (exact) mass is 129 g/mol. The van der Waals surface area contributed by atoms with Crippen LogP contribution in [0, 0.1) is 0 Å². The summed E-state index contributed by atoms with van der Waals surface area (Å²) in [5.74, 6) is 0. The number of rotatable bonds is 2. The molecule has 0 aromatic rings. The van der Waals surface area contributed by atoms with Crippen molar-refractivity contribution in [2.75, 3.05) is 26.2 Å². The summed E-state index contributed by atoms with van der Waals surface area (Å²) < 4.78 is 5.29. The molecule has 1 rings (SSSR count). The van der Waals surface area contributed by atoms with Crippen LogP contribution >= 0.6 is 0 Å². The largest absolute Gasteiger partial charge is 0.359 e. The topological polar surface area (TPSA) is 35.4 Å². The highest BCUT2D eigenvalue weighted by Crippen LogP contribution is 1.91. The number of likely N-dealkylation sites (N-methyl/N-ethyl adjacent to an activating group) is 1. The van der Waals surface area contributed by atoms with Crippen molar-refractivity contribution < 1.29 is 4.74 Å². The van der Waals surface area contributed by atoms with Crippen LogP contribution in [0.25, 0.3) is 0 Å². The summed E-state index contributed by atoms with van der Waals surface area (Å²) in [5.41, 5.74) is 0. The van der Waals surface area contributed by atoms with Gasteiger partial charge in [-0.15, -0.1) is 0 Å². The Bertz CT molecular complexity index is 68.7. The van der Waals surface area contributed by atoms with Crippen molar-refractivity contribution in [2.45, 2.75) is 13.2 Å². The first-order valence-electron chi connectivity index (χ1n) is 3.42. The summed E-state index contributed by atoms with van der Waals surface area (Å²) in [6.45, 7) is 5.53. The fraction of sp³-hybridized carbons (Fsp3) is 1.00. The van der Waals surface area contributed by atoms with Crippen molar-refractivity contribution in [2.24, 2.45) is 0 Å². The fourth-order valence-electron chi connectivity index (χ4n) is 0.872. The van der Waals surface area contributed by atoms with Crippen LogP contribution in [-0.4, -0.2) is 32.5 Å². The molecule has 1 unspecified atom stereocenters. The van der Waals surface area contributed by atoms with Gasteiger partial charge in [-0.2, -0.15) is 0 Å². The van der Waals surface area contributed by atoms with Crippen molar-refractivity contribution in [3.8, 4) is 0 Å². The zero-order valence-corrected chi connectivity index (χ0v) is 5.76. The molecule has 1 N–H and O–H groups in total. The molecule has 0 spiro atoms. The van der Waals surface area contributed by atoms with Crippen LogP contribution in [0.1, 0.15) is 6.92 Å². The maximum Gasteiger partial charge on any atom is 0.135 e. The van der Waals surface area contributed by atoms with E-state index in [-0.39, 0.29) is 6.23 Å². The van der Waals surface area contributed by atoms with E-state index < -0.39 is 0 Å². The van der Waals surface area contributed by atoms with Gasteiger partial charge in [0.05, 0.1) is 6.61 Å². The van der Waals surface area contributed by atoms with E-state index in [9.17, 15) is 0 Å². The van der Waals surface area contributed by atoms with Gasteiger partial charge in [-0.3, -0.25) is 0 Å². The van der Waals surface area contributed by atoms with E-state index in [2.05, 4.69) is 10.6 Å². The van der Waals surface area contributed by atoms with Gasteiger partial charge in [-0.1, -0.05) is 6.92 Å². The van der Waals surface area contributed by atoms with E-state index in [0.29, 0.717) is 0 Å². The molecule has 3 heteroatoms. The van der Waals surface area contributed by atoms with Crippen LogP contribution in [0.15, 0.2) is 0 Å². The molecule has 1 saturated heterocycles. The Kier molecular flexibility index (Phi) is 2.97. The lowest BCUT2D eigenvalue weighted by Crippen LogP contribution is -2.43. The summed E-state index contributed by atoms with van der Waals surface area (Å²) in [6, 6.07) is 0. The number of ether oxygens (including phenoxy) is 1. The van der Waals surface area contributed by atoms with Gasteiger partial charge in [0.15, 0.2) is 0 Å². The minimum absolute atomic E-state index is 0.115. The maximum atomic E-state index is 5.29. The van der Waals surface area contributed by atoms with Gasteiger partial charge >= 0.3 is 0 Å². The minimum atomic E-state index is 0.115. The van der Waals surface area contributed by atoms with Crippen LogP contribution in [0.5, 0.6) is 0 Å². The molecule has 3 nitrogen and oxygen atoms in total. The van der Waals surface area contributed by atoms with Crippen molar-refractivity contribution >= 4 is 0 Å². The highest BCUT2D eigenvalue weighted by molar-refractivity contribution is 4.62. The molecule has 0 aromatic carbocycles. The molecule has 1 fully saturated rings. The molecular weight excluding hydrogens is 116 g/mol. The van der Waals surface area contributed by atoms with Crippen molar-refractivity contribution in [1.29, 1.82) is 0 Å². The third-order valence-electron chi connectivity index (χ3n) is 1.29. The summed E-state index contributed by atoms with van der Waals surface area (Å²) in [6.07, 6.45) is 0.115. The number of hydrogen-bond donors (Lipinski definition) is 1. The predicted octanol–water partition coefficient (Wildman–Crippen LogP) is -0.443. The second-order valence-corrected chi connectivity index (χ2v) is 2.03. The molecule has 0 bridgehead atoms. The second-order valence-electron chi connectivity index (χ2n) is 2.03. The number of nitrogens with one attached hydrogen (secondary N) is 1. The first-order chi connectivity index (χ1) is 4.43. The third-order valence-corrected chi connectivity index (χ3v) is 1.29. The summed E-state index contributed by atoms with van der Waals surface area (Å²) in [7, 11) is 0. The van der Waals surface area contributed by atoms with Gasteiger partial charge < -0.3 is 10.1 Å². The molecule has 0 aliphatic carbocycles. The van der Waals surface area contributed by atoms with Gasteiger partial charge in [0, 0.05) is 19.6 Å². The molecular formula is C6H13N2O. The SMILES string of the molecule is CC[N]C1CNCCO1. The Morgan fingerprint density at radius 3 is 3.22 bits per heavy atom. The lowest BCUT2D eigenvalue weighted by molar-refractivity contribution is 0.00573. The fourth-order valence-corrected chi connectivity index (χ4v) is 0.872. The zero-order chi connectivity index (χ0) is 6.53. The average Bonchev–Trinajstić information content (AvgIpc) is 1.91. The number of morpholine rings is 1. The normalized spacial score (nSPS) is 28.3. The maximum absolute atomic E-state index is 5.29. The number of hydrogen-bond acceptors (Lipinski definition) is 2. The highest BCUT2D eigenvalue weighted by atomic mass is 16.5. The Balaban J connectivity index is 2.08. The molecule has 9 heavy (non-hydrogen) atoms. The smallest absolute Gasteiger partial charge is 0.135 e. The minimum Gasteiger partial charge on any atom is -0.359 e. The van der Waals surface area contributed by atoms with E-state index in [0.717, 1.165) is 26.2 Å². The van der Waals surface area contributed by atoms with Crippen LogP contribution in [0.3, 0.4) is 0 Å². The third kappa shape index (κ3) is 2.30. The molecule has 1 radical (unpaired) electrons. The number of nitrogens with zero attached hydrogens (tertiary/aromatic N) is 1. The van der Waals surface area contributed by atoms with E-state index in [4.69, 9.17) is 4.74 Å². The Labute approximate surface area is 55.8 Å². The summed E-state index contributed by atoms with van der Waals surface area (Å²) in [4.78, 5) is 0. The van der Waals surface area contributed by atoms with Crippen molar-refractivity contribution in [3.05, 3.63) is 0 Å². The lowest BCUT2D eigenvalue weighted by atomic mass is 10.4. The van der Waals surface area contributed by atoms with Gasteiger partial charge in [0.2, 0.25) is 0 Å². The quantitative estimate of drug-likeness (QED) is 0.548. The Morgan fingerprint density at radius 2 is 2.67 bits per heavy atom. The summed E-state index contributed by atoms with van der Waals surface area (Å²) in [5, 5.41) is 7.40. The Morgan fingerprint density at radius 1 is 1.78 bits per heavy atom. The van der Waals surface area contributed by atoms with E-state index in [1.807, 2.05) is 6.92 Å². The lowest BCUT2D eigenvalue weighted by Gasteiger charge is -2.22. The van der Waals surface area contributed by atoms with Crippen LogP contribution in [0.4, 0.5) is 0 Å². The molecule has 1 aliphatic heterocycles. The molecule has 53 valence electrons. The molecule has 1 aliphatic rings. The molecule has 1 atom stereocenters. The highest BCUT2D eigenvalue weighted by Gasteiger charge is 2.11. The van der Waals surface area contributed by atoms with Crippen LogP contribution in [0.2, 0.25) is 0 Å². The van der Waals surface area contributed by atoms with E-state index in [1.54, 1.807) is 0 Å². The van der Waals surface area contributed by atoms with Crippen molar-refractivity contribution in [1.82, 2.24) is 10.6 Å². The van der Waals surface area contributed by atoms with Crippen LogP contribution in [-0.2, 0) is 4.74 Å². The van der Waals surface area contributed by atoms with Gasteiger partial charge in [0.1, 0.15) is 6.23 Å². The first kappa shape index (κ1) is 6.99.